The van der Waals surface area contributed by atoms with E-state index in [9.17, 15) is 19.1 Å². The fourth-order valence-corrected chi connectivity index (χ4v) is 1.96. The van der Waals surface area contributed by atoms with Crippen LogP contribution < -0.4 is 5.32 Å². The summed E-state index contributed by atoms with van der Waals surface area (Å²) in [5.41, 5.74) is 0.236. The smallest absolute Gasteiger partial charge is 0.234 e. The Morgan fingerprint density at radius 3 is 2.62 bits per heavy atom. The number of phenolic OH excluding ortho intramolecular Hbond substituents is 1. The van der Waals surface area contributed by atoms with Gasteiger partial charge >= 0.3 is 0 Å². The van der Waals surface area contributed by atoms with Crippen molar-refractivity contribution in [3.63, 3.8) is 0 Å². The normalized spacial score (nSPS) is 10.7. The average Bonchev–Trinajstić information content (AvgIpc) is 2.39. The molecule has 0 aliphatic carbocycles. The number of hydrogen-bond acceptors (Lipinski definition) is 4. The molecule has 0 aromatic heterocycles. The molecule has 1 aromatic carbocycles. The van der Waals surface area contributed by atoms with Crippen molar-refractivity contribution in [2.75, 3.05) is 20.1 Å². The maximum absolute atomic E-state index is 13.5. The lowest BCUT2D eigenvalue weighted by Crippen LogP contribution is -2.35. The number of ketones is 1. The molecule has 0 saturated heterocycles. The van der Waals surface area contributed by atoms with Gasteiger partial charge in [-0.05, 0) is 32.5 Å². The van der Waals surface area contributed by atoms with Crippen molar-refractivity contribution in [3.8, 4) is 5.75 Å². The van der Waals surface area contributed by atoms with Crippen LogP contribution in [0.2, 0.25) is 0 Å². The Bertz CT molecular complexity index is 532. The summed E-state index contributed by atoms with van der Waals surface area (Å²) in [5.74, 6) is -1.36. The maximum Gasteiger partial charge on any atom is 0.234 e. The first-order valence-electron chi connectivity index (χ1n) is 6.82. The summed E-state index contributed by atoms with van der Waals surface area (Å²) in [4.78, 5) is 24.6. The Hall–Kier alpha value is -1.95. The topological polar surface area (TPSA) is 69.6 Å². The second-order valence-electron chi connectivity index (χ2n) is 5.04. The molecule has 1 rings (SSSR count). The van der Waals surface area contributed by atoms with Crippen molar-refractivity contribution in [3.05, 3.63) is 29.1 Å². The van der Waals surface area contributed by atoms with Gasteiger partial charge in [0, 0.05) is 18.7 Å². The second kappa shape index (κ2) is 7.73. The second-order valence-corrected chi connectivity index (χ2v) is 5.04. The highest BCUT2D eigenvalue weighted by Crippen LogP contribution is 2.25. The number of carbonyl (C=O) groups is 2. The van der Waals surface area contributed by atoms with E-state index in [4.69, 9.17) is 0 Å². The van der Waals surface area contributed by atoms with Crippen LogP contribution in [0.4, 0.5) is 4.39 Å². The molecule has 0 bridgehead atoms. The number of carbonyl (C=O) groups excluding carboxylic acids is 2. The zero-order chi connectivity index (χ0) is 16.0. The van der Waals surface area contributed by atoms with E-state index >= 15 is 0 Å². The molecule has 0 aliphatic rings. The molecule has 0 heterocycles. The highest BCUT2D eigenvalue weighted by Gasteiger charge is 2.16. The number of Topliss-reactive ketones (excluding diaryl/α,β-unsaturated/α-hetero) is 1. The Morgan fingerprint density at radius 2 is 2.05 bits per heavy atom. The van der Waals surface area contributed by atoms with Gasteiger partial charge in [-0.25, -0.2) is 4.39 Å². The van der Waals surface area contributed by atoms with Crippen LogP contribution >= 0.6 is 0 Å². The van der Waals surface area contributed by atoms with Crippen molar-refractivity contribution in [1.29, 1.82) is 0 Å². The summed E-state index contributed by atoms with van der Waals surface area (Å²) in [6, 6.07) is 2.18. The van der Waals surface area contributed by atoms with Crippen LogP contribution in [0.15, 0.2) is 12.1 Å². The number of likely N-dealkylation sites (N-methyl/N-ethyl adjacent to an activating group) is 1. The van der Waals surface area contributed by atoms with Crippen molar-refractivity contribution >= 4 is 11.7 Å². The zero-order valence-electron chi connectivity index (χ0n) is 12.6. The minimum atomic E-state index is -0.586. The van der Waals surface area contributed by atoms with Crippen molar-refractivity contribution < 1.29 is 19.1 Å². The zero-order valence-corrected chi connectivity index (χ0v) is 12.6. The minimum Gasteiger partial charge on any atom is -0.507 e. The number of rotatable bonds is 7. The van der Waals surface area contributed by atoms with Crippen LogP contribution in [0.25, 0.3) is 0 Å². The Morgan fingerprint density at radius 1 is 1.38 bits per heavy atom. The Kier molecular flexibility index (Phi) is 6.30. The summed E-state index contributed by atoms with van der Waals surface area (Å²) in [5, 5.41) is 12.7. The Balaban J connectivity index is 2.78. The number of hydrogen-bond donors (Lipinski definition) is 2. The third-order valence-corrected chi connectivity index (χ3v) is 2.96. The maximum atomic E-state index is 13.5. The molecular weight excluding hydrogens is 275 g/mol. The average molecular weight is 296 g/mol. The quantitative estimate of drug-likeness (QED) is 0.751. The van der Waals surface area contributed by atoms with Gasteiger partial charge in [0.2, 0.25) is 5.91 Å². The first kappa shape index (κ1) is 17.1. The SMILES string of the molecule is CCCNC(=O)CN(C)Cc1cc(F)cc(C(C)=O)c1O. The van der Waals surface area contributed by atoms with Crippen LogP contribution in [0.3, 0.4) is 0 Å². The highest BCUT2D eigenvalue weighted by atomic mass is 19.1. The molecule has 5 nitrogen and oxygen atoms in total. The van der Waals surface area contributed by atoms with Crippen LogP contribution in [0.5, 0.6) is 5.75 Å². The predicted molar refractivity (Wildman–Crippen MR) is 77.7 cm³/mol. The molecule has 0 spiro atoms. The monoisotopic (exact) mass is 296 g/mol. The van der Waals surface area contributed by atoms with E-state index in [1.165, 1.54) is 13.0 Å². The van der Waals surface area contributed by atoms with Crippen LogP contribution in [0.1, 0.15) is 36.2 Å². The number of nitrogens with one attached hydrogen (secondary N) is 1. The summed E-state index contributed by atoms with van der Waals surface area (Å²) in [7, 11) is 1.68. The number of aromatic hydroxyl groups is 1. The number of amides is 1. The molecule has 0 saturated carbocycles. The van der Waals surface area contributed by atoms with Gasteiger partial charge in [0.15, 0.2) is 5.78 Å². The van der Waals surface area contributed by atoms with Crippen molar-refractivity contribution in [1.82, 2.24) is 10.2 Å². The highest BCUT2D eigenvalue weighted by molar-refractivity contribution is 5.97. The standard InChI is InChI=1S/C15H21FN2O3/c1-4-5-17-14(20)9-18(3)8-11-6-12(16)7-13(10(2)19)15(11)21/h6-7,21H,4-5,8-9H2,1-3H3,(H,17,20). The van der Waals surface area contributed by atoms with Crippen LogP contribution in [-0.4, -0.2) is 41.8 Å². The molecule has 0 aliphatic heterocycles. The number of halogens is 1. The molecule has 116 valence electrons. The number of benzene rings is 1. The van der Waals surface area contributed by atoms with Crippen LogP contribution in [-0.2, 0) is 11.3 Å². The van der Waals surface area contributed by atoms with Crippen molar-refractivity contribution in [2.45, 2.75) is 26.8 Å². The van der Waals surface area contributed by atoms with E-state index < -0.39 is 11.6 Å². The van der Waals surface area contributed by atoms with Gasteiger partial charge in [0.05, 0.1) is 12.1 Å². The molecule has 0 unspecified atom stereocenters. The summed E-state index contributed by atoms with van der Waals surface area (Å²) in [6.45, 7) is 4.12. The number of phenols is 1. The largest absolute Gasteiger partial charge is 0.507 e. The first-order valence-corrected chi connectivity index (χ1v) is 6.82. The third kappa shape index (κ3) is 5.15. The van der Waals surface area contributed by atoms with E-state index in [-0.39, 0.29) is 35.9 Å². The molecule has 2 N–H and O–H groups in total. The van der Waals surface area contributed by atoms with E-state index in [0.29, 0.717) is 6.54 Å². The fourth-order valence-electron chi connectivity index (χ4n) is 1.96. The van der Waals surface area contributed by atoms with E-state index in [1.807, 2.05) is 6.92 Å². The Labute approximate surface area is 123 Å². The molecule has 0 atom stereocenters. The van der Waals surface area contributed by atoms with Gasteiger partial charge in [-0.1, -0.05) is 6.92 Å². The molecule has 1 amide bonds. The minimum absolute atomic E-state index is 0.0474. The molecule has 1 aromatic rings. The van der Waals surface area contributed by atoms with E-state index in [0.717, 1.165) is 12.5 Å². The summed E-state index contributed by atoms with van der Waals surface area (Å²) < 4.78 is 13.5. The van der Waals surface area contributed by atoms with Gasteiger partial charge in [-0.15, -0.1) is 0 Å². The number of nitrogens with zero attached hydrogens (tertiary/aromatic N) is 1. The molecule has 0 fully saturated rings. The lowest BCUT2D eigenvalue weighted by atomic mass is 10.1. The summed E-state index contributed by atoms with van der Waals surface area (Å²) >= 11 is 0. The molecule has 6 heteroatoms. The summed E-state index contributed by atoms with van der Waals surface area (Å²) in [6.07, 6.45) is 0.849. The predicted octanol–water partition coefficient (Wildman–Crippen LogP) is 1.69. The molecular formula is C15H21FN2O3. The van der Waals surface area contributed by atoms with E-state index in [2.05, 4.69) is 5.32 Å². The third-order valence-electron chi connectivity index (χ3n) is 2.96. The van der Waals surface area contributed by atoms with Crippen LogP contribution in [0, 0.1) is 5.82 Å². The van der Waals surface area contributed by atoms with Crippen molar-refractivity contribution in [2.24, 2.45) is 0 Å². The molecule has 21 heavy (non-hydrogen) atoms. The fraction of sp³-hybridized carbons (Fsp3) is 0.467. The van der Waals surface area contributed by atoms with Gasteiger partial charge in [-0.2, -0.15) is 0 Å². The van der Waals surface area contributed by atoms with Gasteiger partial charge < -0.3 is 10.4 Å². The molecule has 0 radical (unpaired) electrons. The first-order chi connectivity index (χ1) is 9.85. The van der Waals surface area contributed by atoms with Gasteiger partial charge in [0.1, 0.15) is 11.6 Å². The lowest BCUT2D eigenvalue weighted by molar-refractivity contribution is -0.122. The van der Waals surface area contributed by atoms with Gasteiger partial charge in [-0.3, -0.25) is 14.5 Å². The lowest BCUT2D eigenvalue weighted by Gasteiger charge is -2.18. The van der Waals surface area contributed by atoms with Gasteiger partial charge in [0.25, 0.3) is 0 Å². The van der Waals surface area contributed by atoms with E-state index in [1.54, 1.807) is 11.9 Å².